The predicted molar refractivity (Wildman–Crippen MR) is 47.8 cm³/mol. The average Bonchev–Trinajstić information content (AvgIpc) is 2.16. The summed E-state index contributed by atoms with van der Waals surface area (Å²) in [4.78, 5) is 20.4. The van der Waals surface area contributed by atoms with Crippen molar-refractivity contribution in [3.05, 3.63) is 39.2 Å². The maximum absolute atomic E-state index is 13.4. The van der Waals surface area contributed by atoms with Crippen molar-refractivity contribution in [2.75, 3.05) is 0 Å². The summed E-state index contributed by atoms with van der Waals surface area (Å²) in [7, 11) is 0. The first kappa shape index (κ1) is 10.8. The van der Waals surface area contributed by atoms with E-state index in [0.717, 1.165) is 19.1 Å². The van der Waals surface area contributed by atoms with Crippen LogP contribution in [0.4, 0.5) is 10.1 Å². The van der Waals surface area contributed by atoms with E-state index < -0.39 is 27.8 Å². The van der Waals surface area contributed by atoms with Crippen molar-refractivity contribution < 1.29 is 14.1 Å². The molecule has 1 aromatic carbocycles. The molecule has 0 bridgehead atoms. The Hall–Kier alpha value is -2.29. The Kier molecular flexibility index (Phi) is 2.76. The Morgan fingerprint density at radius 3 is 2.60 bits per heavy atom. The molecule has 0 saturated carbocycles. The maximum Gasteiger partial charge on any atom is 0.290 e. The molecule has 5 nitrogen and oxygen atoms in total. The van der Waals surface area contributed by atoms with E-state index in [1.807, 2.05) is 0 Å². The Labute approximate surface area is 83.9 Å². The number of halogens is 1. The van der Waals surface area contributed by atoms with Gasteiger partial charge in [0, 0.05) is 6.07 Å². The zero-order valence-electron chi connectivity index (χ0n) is 7.65. The van der Waals surface area contributed by atoms with Gasteiger partial charge in [-0.1, -0.05) is 0 Å². The largest absolute Gasteiger partial charge is 0.294 e. The van der Waals surface area contributed by atoms with Gasteiger partial charge in [-0.2, -0.15) is 5.26 Å². The van der Waals surface area contributed by atoms with Gasteiger partial charge in [-0.25, -0.2) is 4.39 Å². The zero-order chi connectivity index (χ0) is 11.6. The number of carbonyl (C=O) groups excluding carboxylic acids is 1. The standard InChI is InChI=1S/C9H5FN2O3/c1-5(13)6-2-3-8(12(14)15)7(4-11)9(6)10/h2-3H,1H3. The number of carbonyl (C=O) groups is 1. The fraction of sp³-hybridized carbons (Fsp3) is 0.111. The lowest BCUT2D eigenvalue weighted by molar-refractivity contribution is -0.385. The summed E-state index contributed by atoms with van der Waals surface area (Å²) in [5.41, 5.74) is -1.68. The number of hydrogen-bond donors (Lipinski definition) is 0. The van der Waals surface area contributed by atoms with Crippen molar-refractivity contribution in [1.82, 2.24) is 0 Å². The van der Waals surface area contributed by atoms with E-state index in [0.29, 0.717) is 0 Å². The van der Waals surface area contributed by atoms with Gasteiger partial charge < -0.3 is 0 Å². The van der Waals surface area contributed by atoms with E-state index in [1.165, 1.54) is 6.07 Å². The van der Waals surface area contributed by atoms with E-state index >= 15 is 0 Å². The molecule has 6 heteroatoms. The van der Waals surface area contributed by atoms with E-state index in [2.05, 4.69) is 0 Å². The van der Waals surface area contributed by atoms with Crippen molar-refractivity contribution in [3.8, 4) is 6.07 Å². The summed E-state index contributed by atoms with van der Waals surface area (Å²) in [6.45, 7) is 1.12. The second-order valence-electron chi connectivity index (χ2n) is 2.75. The van der Waals surface area contributed by atoms with Crippen molar-refractivity contribution in [2.24, 2.45) is 0 Å². The first-order chi connectivity index (χ1) is 6.99. The number of hydrogen-bond acceptors (Lipinski definition) is 4. The minimum Gasteiger partial charge on any atom is -0.294 e. The van der Waals surface area contributed by atoms with E-state index in [-0.39, 0.29) is 5.56 Å². The van der Waals surface area contributed by atoms with Crippen LogP contribution >= 0.6 is 0 Å². The highest BCUT2D eigenvalue weighted by molar-refractivity contribution is 5.95. The number of Topliss-reactive ketones (excluding diaryl/α,β-unsaturated/α-hetero) is 1. The monoisotopic (exact) mass is 208 g/mol. The van der Waals surface area contributed by atoms with Gasteiger partial charge in [0.15, 0.2) is 17.2 Å². The summed E-state index contributed by atoms with van der Waals surface area (Å²) < 4.78 is 13.4. The van der Waals surface area contributed by atoms with Crippen LogP contribution in [0, 0.1) is 27.3 Å². The third-order valence-corrected chi connectivity index (χ3v) is 1.81. The van der Waals surface area contributed by atoms with Gasteiger partial charge in [0.2, 0.25) is 0 Å². The molecule has 1 rings (SSSR count). The molecule has 0 amide bonds. The molecular weight excluding hydrogens is 203 g/mol. The first-order valence-corrected chi connectivity index (χ1v) is 3.87. The maximum atomic E-state index is 13.4. The third kappa shape index (κ3) is 1.81. The fourth-order valence-electron chi connectivity index (χ4n) is 1.10. The van der Waals surface area contributed by atoms with Gasteiger partial charge >= 0.3 is 0 Å². The quantitative estimate of drug-likeness (QED) is 0.421. The third-order valence-electron chi connectivity index (χ3n) is 1.81. The van der Waals surface area contributed by atoms with Crippen molar-refractivity contribution in [1.29, 1.82) is 5.26 Å². The molecule has 0 saturated heterocycles. The van der Waals surface area contributed by atoms with Crippen LogP contribution in [0.2, 0.25) is 0 Å². The van der Waals surface area contributed by atoms with Crippen LogP contribution in [-0.4, -0.2) is 10.7 Å². The van der Waals surface area contributed by atoms with Crippen LogP contribution in [-0.2, 0) is 0 Å². The Morgan fingerprint density at radius 2 is 2.20 bits per heavy atom. The van der Waals surface area contributed by atoms with E-state index in [1.54, 1.807) is 0 Å². The van der Waals surface area contributed by atoms with Crippen LogP contribution < -0.4 is 0 Å². The average molecular weight is 208 g/mol. The normalized spacial score (nSPS) is 9.40. The lowest BCUT2D eigenvalue weighted by atomic mass is 10.1. The van der Waals surface area contributed by atoms with Crippen LogP contribution in [0.3, 0.4) is 0 Å². The molecule has 15 heavy (non-hydrogen) atoms. The molecular formula is C9H5FN2O3. The molecule has 0 N–H and O–H groups in total. The molecule has 0 heterocycles. The number of benzene rings is 1. The Bertz CT molecular complexity index is 491. The molecule has 76 valence electrons. The van der Waals surface area contributed by atoms with Gasteiger partial charge in [0.05, 0.1) is 10.5 Å². The summed E-state index contributed by atoms with van der Waals surface area (Å²) >= 11 is 0. The van der Waals surface area contributed by atoms with Crippen molar-refractivity contribution >= 4 is 11.5 Å². The molecule has 0 radical (unpaired) electrons. The highest BCUT2D eigenvalue weighted by atomic mass is 19.1. The second-order valence-corrected chi connectivity index (χ2v) is 2.75. The van der Waals surface area contributed by atoms with Crippen molar-refractivity contribution in [2.45, 2.75) is 6.92 Å². The van der Waals surface area contributed by atoms with Gasteiger partial charge in [0.1, 0.15) is 6.07 Å². The summed E-state index contributed by atoms with van der Waals surface area (Å²) in [6, 6.07) is 3.31. The second kappa shape index (κ2) is 3.84. The molecule has 0 aliphatic heterocycles. The van der Waals surface area contributed by atoms with Gasteiger partial charge in [0.25, 0.3) is 5.69 Å². The fourth-order valence-corrected chi connectivity index (χ4v) is 1.10. The highest BCUT2D eigenvalue weighted by Gasteiger charge is 2.22. The highest BCUT2D eigenvalue weighted by Crippen LogP contribution is 2.23. The number of nitro groups is 1. The van der Waals surface area contributed by atoms with Gasteiger partial charge in [-0.3, -0.25) is 14.9 Å². The van der Waals surface area contributed by atoms with Crippen LogP contribution in [0.1, 0.15) is 22.8 Å². The molecule has 0 fully saturated rings. The molecule has 0 unspecified atom stereocenters. The molecule has 1 aromatic rings. The number of rotatable bonds is 2. The predicted octanol–water partition coefficient (Wildman–Crippen LogP) is 1.81. The molecule has 0 aromatic heterocycles. The first-order valence-electron chi connectivity index (χ1n) is 3.87. The minimum atomic E-state index is -1.14. The van der Waals surface area contributed by atoms with Crippen LogP contribution in [0.5, 0.6) is 0 Å². The topological polar surface area (TPSA) is 84.0 Å². The number of ketones is 1. The molecule has 0 atom stereocenters. The SMILES string of the molecule is CC(=O)c1ccc([N+](=O)[O-])c(C#N)c1F. The smallest absolute Gasteiger partial charge is 0.290 e. The van der Waals surface area contributed by atoms with Gasteiger partial charge in [-0.05, 0) is 13.0 Å². The Balaban J connectivity index is 3.55. The van der Waals surface area contributed by atoms with Crippen molar-refractivity contribution in [3.63, 3.8) is 0 Å². The lowest BCUT2D eigenvalue weighted by Gasteiger charge is -2.00. The number of nitrogens with zero attached hydrogens (tertiary/aromatic N) is 2. The van der Waals surface area contributed by atoms with E-state index in [4.69, 9.17) is 5.26 Å². The van der Waals surface area contributed by atoms with Crippen LogP contribution in [0.25, 0.3) is 0 Å². The lowest BCUT2D eigenvalue weighted by Crippen LogP contribution is -2.03. The molecule has 0 aliphatic rings. The van der Waals surface area contributed by atoms with E-state index in [9.17, 15) is 19.3 Å². The zero-order valence-corrected chi connectivity index (χ0v) is 7.65. The summed E-state index contributed by atoms with van der Waals surface area (Å²) in [5, 5.41) is 19.0. The van der Waals surface area contributed by atoms with Gasteiger partial charge in [-0.15, -0.1) is 0 Å². The number of nitriles is 1. The summed E-state index contributed by atoms with van der Waals surface area (Å²) in [5.74, 6) is -1.72. The molecule has 0 aliphatic carbocycles. The Morgan fingerprint density at radius 1 is 1.60 bits per heavy atom. The molecule has 0 spiro atoms. The number of nitro benzene ring substituents is 1. The minimum absolute atomic E-state index is 0.322. The van der Waals surface area contributed by atoms with Crippen LogP contribution in [0.15, 0.2) is 12.1 Å². The summed E-state index contributed by atoms with van der Waals surface area (Å²) in [6.07, 6.45) is 0.